The van der Waals surface area contributed by atoms with Gasteiger partial charge in [-0.15, -0.1) is 0 Å². The summed E-state index contributed by atoms with van der Waals surface area (Å²) in [5.41, 5.74) is 1.34. The molecule has 1 aromatic rings. The van der Waals surface area contributed by atoms with Crippen molar-refractivity contribution in [3.05, 3.63) is 23.8 Å². The Hall–Kier alpha value is -1.30. The molecule has 2 aliphatic heterocycles. The summed E-state index contributed by atoms with van der Waals surface area (Å²) in [5, 5.41) is 0. The van der Waals surface area contributed by atoms with E-state index in [1.54, 1.807) is 14.2 Å². The summed E-state index contributed by atoms with van der Waals surface area (Å²) in [6, 6.07) is 6.85. The largest absolute Gasteiger partial charge is 0.493 e. The highest BCUT2D eigenvalue weighted by molar-refractivity contribution is 5.44. The summed E-state index contributed by atoms with van der Waals surface area (Å²) in [7, 11) is 7.86. The van der Waals surface area contributed by atoms with Crippen molar-refractivity contribution < 1.29 is 9.47 Å². The monoisotopic (exact) mass is 333 g/mol. The molecule has 2 heterocycles. The van der Waals surface area contributed by atoms with Gasteiger partial charge in [-0.3, -0.25) is 4.90 Å². The third kappa shape index (κ3) is 3.68. The molecule has 2 atom stereocenters. The molecule has 2 unspecified atom stereocenters. The zero-order chi connectivity index (χ0) is 17.1. The van der Waals surface area contributed by atoms with Gasteiger partial charge >= 0.3 is 0 Å². The first-order chi connectivity index (χ1) is 11.6. The van der Waals surface area contributed by atoms with Gasteiger partial charge in [-0.2, -0.15) is 0 Å². The average Bonchev–Trinajstić information content (AvgIpc) is 2.96. The Morgan fingerprint density at radius 2 is 1.67 bits per heavy atom. The second-order valence-corrected chi connectivity index (χ2v) is 7.19. The molecule has 134 valence electrons. The van der Waals surface area contributed by atoms with Crippen LogP contribution in [0, 0.1) is 5.92 Å². The van der Waals surface area contributed by atoms with E-state index in [1.165, 1.54) is 44.7 Å². The summed E-state index contributed by atoms with van der Waals surface area (Å²) in [6.07, 6.45) is 1.27. The SMILES string of the molecule is COc1ccc(C2C(CN3CCN(C)CC3)CCN2C)cc1OC. The molecule has 24 heavy (non-hydrogen) atoms. The van der Waals surface area contributed by atoms with Crippen molar-refractivity contribution in [2.24, 2.45) is 5.92 Å². The lowest BCUT2D eigenvalue weighted by molar-refractivity contribution is 0.125. The van der Waals surface area contributed by atoms with Gasteiger partial charge in [-0.05, 0) is 50.7 Å². The third-order valence-electron chi connectivity index (χ3n) is 5.61. The maximum absolute atomic E-state index is 5.51. The van der Waals surface area contributed by atoms with E-state index in [2.05, 4.69) is 40.9 Å². The Kier molecular flexibility index (Phi) is 5.64. The van der Waals surface area contributed by atoms with Crippen LogP contribution in [0.25, 0.3) is 0 Å². The van der Waals surface area contributed by atoms with E-state index in [0.29, 0.717) is 12.0 Å². The van der Waals surface area contributed by atoms with E-state index in [0.717, 1.165) is 18.0 Å². The number of nitrogens with zero attached hydrogens (tertiary/aromatic N) is 3. The van der Waals surface area contributed by atoms with Crippen LogP contribution >= 0.6 is 0 Å². The smallest absolute Gasteiger partial charge is 0.161 e. The maximum atomic E-state index is 5.51. The van der Waals surface area contributed by atoms with Crippen LogP contribution in [-0.2, 0) is 0 Å². The van der Waals surface area contributed by atoms with Gasteiger partial charge < -0.3 is 19.3 Å². The van der Waals surface area contributed by atoms with E-state index >= 15 is 0 Å². The number of benzene rings is 1. The summed E-state index contributed by atoms with van der Waals surface area (Å²) < 4.78 is 10.9. The first-order valence-corrected chi connectivity index (χ1v) is 8.95. The lowest BCUT2D eigenvalue weighted by Gasteiger charge is -2.36. The fourth-order valence-corrected chi connectivity index (χ4v) is 4.14. The Morgan fingerprint density at radius 3 is 2.33 bits per heavy atom. The minimum atomic E-state index is 0.462. The van der Waals surface area contributed by atoms with E-state index in [1.807, 2.05) is 6.07 Å². The van der Waals surface area contributed by atoms with Crippen LogP contribution in [0.1, 0.15) is 18.0 Å². The van der Waals surface area contributed by atoms with Crippen molar-refractivity contribution in [1.82, 2.24) is 14.7 Å². The van der Waals surface area contributed by atoms with Crippen molar-refractivity contribution >= 4 is 0 Å². The second kappa shape index (κ2) is 7.72. The standard InChI is InChI=1S/C19H31N3O2/c1-20-9-11-22(12-10-20)14-16-7-8-21(2)19(16)15-5-6-17(23-3)18(13-15)24-4/h5-6,13,16,19H,7-12,14H2,1-4H3. The molecule has 0 saturated carbocycles. The maximum Gasteiger partial charge on any atom is 0.161 e. The lowest BCUT2D eigenvalue weighted by atomic mass is 9.92. The average molecular weight is 333 g/mol. The quantitative estimate of drug-likeness (QED) is 0.821. The van der Waals surface area contributed by atoms with E-state index in [9.17, 15) is 0 Å². The molecule has 2 aliphatic rings. The molecule has 3 rings (SSSR count). The van der Waals surface area contributed by atoms with Gasteiger partial charge in [0.1, 0.15) is 0 Å². The van der Waals surface area contributed by atoms with Crippen LogP contribution in [0.4, 0.5) is 0 Å². The Labute approximate surface area is 146 Å². The van der Waals surface area contributed by atoms with Crippen molar-refractivity contribution in [1.29, 1.82) is 0 Å². The molecule has 0 radical (unpaired) electrons. The van der Waals surface area contributed by atoms with Gasteiger partial charge in [-0.1, -0.05) is 6.07 Å². The molecule has 0 N–H and O–H groups in total. The minimum Gasteiger partial charge on any atom is -0.493 e. The van der Waals surface area contributed by atoms with Crippen LogP contribution < -0.4 is 9.47 Å². The predicted molar refractivity (Wildman–Crippen MR) is 97.0 cm³/mol. The molecule has 0 bridgehead atoms. The zero-order valence-corrected chi connectivity index (χ0v) is 15.5. The number of hydrogen-bond donors (Lipinski definition) is 0. The van der Waals surface area contributed by atoms with Crippen molar-refractivity contribution in [2.75, 3.05) is 67.6 Å². The van der Waals surface area contributed by atoms with Crippen molar-refractivity contribution in [2.45, 2.75) is 12.5 Å². The molecule has 0 aromatic heterocycles. The van der Waals surface area contributed by atoms with Crippen molar-refractivity contribution in [3.8, 4) is 11.5 Å². The van der Waals surface area contributed by atoms with Gasteiger partial charge in [0.15, 0.2) is 11.5 Å². The van der Waals surface area contributed by atoms with Crippen molar-refractivity contribution in [3.63, 3.8) is 0 Å². The molecule has 5 heteroatoms. The highest BCUT2D eigenvalue weighted by atomic mass is 16.5. The number of ether oxygens (including phenoxy) is 2. The Balaban J connectivity index is 1.74. The molecule has 5 nitrogen and oxygen atoms in total. The van der Waals surface area contributed by atoms with Crippen LogP contribution in [-0.4, -0.2) is 82.3 Å². The van der Waals surface area contributed by atoms with Gasteiger partial charge in [0.25, 0.3) is 0 Å². The lowest BCUT2D eigenvalue weighted by Crippen LogP contribution is -2.46. The number of hydrogen-bond acceptors (Lipinski definition) is 5. The van der Waals surface area contributed by atoms with E-state index in [4.69, 9.17) is 9.47 Å². The van der Waals surface area contributed by atoms with E-state index < -0.39 is 0 Å². The van der Waals surface area contributed by atoms with E-state index in [-0.39, 0.29) is 0 Å². The summed E-state index contributed by atoms with van der Waals surface area (Å²) in [5.74, 6) is 2.31. The van der Waals surface area contributed by atoms with Gasteiger partial charge in [-0.25, -0.2) is 0 Å². The Bertz CT molecular complexity index is 543. The minimum absolute atomic E-state index is 0.462. The second-order valence-electron chi connectivity index (χ2n) is 7.19. The first kappa shape index (κ1) is 17.5. The highest BCUT2D eigenvalue weighted by Gasteiger charge is 2.34. The topological polar surface area (TPSA) is 28.2 Å². The Morgan fingerprint density at radius 1 is 0.958 bits per heavy atom. The van der Waals surface area contributed by atoms with Crippen LogP contribution in [0.3, 0.4) is 0 Å². The summed E-state index contributed by atoms with van der Waals surface area (Å²) in [4.78, 5) is 7.54. The normalized spacial score (nSPS) is 26.7. The number of likely N-dealkylation sites (tertiary alicyclic amines) is 1. The predicted octanol–water partition coefficient (Wildman–Crippen LogP) is 1.94. The van der Waals surface area contributed by atoms with Crippen LogP contribution in [0.15, 0.2) is 18.2 Å². The zero-order valence-electron chi connectivity index (χ0n) is 15.5. The fourth-order valence-electron chi connectivity index (χ4n) is 4.14. The molecule has 1 aromatic carbocycles. The first-order valence-electron chi connectivity index (χ1n) is 8.95. The van der Waals surface area contributed by atoms with Gasteiger partial charge in [0, 0.05) is 38.8 Å². The number of rotatable bonds is 5. The molecular weight excluding hydrogens is 302 g/mol. The molecule has 0 aliphatic carbocycles. The molecule has 0 spiro atoms. The summed E-state index contributed by atoms with van der Waals surface area (Å²) in [6.45, 7) is 7.10. The van der Waals surface area contributed by atoms with Gasteiger partial charge in [0.2, 0.25) is 0 Å². The number of likely N-dealkylation sites (N-methyl/N-ethyl adjacent to an activating group) is 1. The molecule has 0 amide bonds. The highest BCUT2D eigenvalue weighted by Crippen LogP contribution is 2.40. The van der Waals surface area contributed by atoms with Gasteiger partial charge in [0.05, 0.1) is 14.2 Å². The number of piperazine rings is 1. The fraction of sp³-hybridized carbons (Fsp3) is 0.684. The third-order valence-corrected chi connectivity index (χ3v) is 5.61. The van der Waals surface area contributed by atoms with Crippen LogP contribution in [0.5, 0.6) is 11.5 Å². The molecule has 2 saturated heterocycles. The summed E-state index contributed by atoms with van der Waals surface area (Å²) >= 11 is 0. The molecular formula is C19H31N3O2. The number of methoxy groups -OCH3 is 2. The molecule has 2 fully saturated rings. The van der Waals surface area contributed by atoms with Crippen LogP contribution in [0.2, 0.25) is 0 Å².